The van der Waals surface area contributed by atoms with Crippen LogP contribution in [0.15, 0.2) is 48.6 Å². The van der Waals surface area contributed by atoms with Crippen molar-refractivity contribution >= 4 is 22.4 Å². The van der Waals surface area contributed by atoms with Crippen LogP contribution in [0.2, 0.25) is 0 Å². The van der Waals surface area contributed by atoms with Gasteiger partial charge in [0.25, 0.3) is 5.24 Å². The molecular formula is C13H10ClFO. The summed E-state index contributed by atoms with van der Waals surface area (Å²) in [5, 5.41) is -0.966. The fourth-order valence-corrected chi connectivity index (χ4v) is 1.94. The summed E-state index contributed by atoms with van der Waals surface area (Å²) in [7, 11) is 0. The number of alkyl halides is 1. The average molecular weight is 237 g/mol. The van der Waals surface area contributed by atoms with Gasteiger partial charge < -0.3 is 0 Å². The van der Waals surface area contributed by atoms with E-state index >= 15 is 0 Å². The molecule has 1 aromatic carbocycles. The highest BCUT2D eigenvalue weighted by Crippen LogP contribution is 2.38. The molecule has 0 spiro atoms. The molecule has 0 N–H and O–H groups in total. The molecule has 3 heteroatoms. The molecule has 1 aromatic rings. The Hall–Kier alpha value is -1.41. The van der Waals surface area contributed by atoms with Crippen LogP contribution < -0.4 is 0 Å². The molecule has 0 heterocycles. The number of carbonyl (C=O) groups is 1. The van der Waals surface area contributed by atoms with Crippen LogP contribution in [0.25, 0.3) is 5.57 Å². The molecule has 0 saturated heterocycles. The lowest BCUT2D eigenvalue weighted by atomic mass is 9.85. The highest BCUT2D eigenvalue weighted by atomic mass is 35.5. The van der Waals surface area contributed by atoms with Crippen LogP contribution in [-0.2, 0) is 4.79 Å². The van der Waals surface area contributed by atoms with Crippen molar-refractivity contribution in [2.45, 2.75) is 12.1 Å². The maximum absolute atomic E-state index is 14.4. The maximum atomic E-state index is 14.4. The Kier molecular flexibility index (Phi) is 2.92. The lowest BCUT2D eigenvalue weighted by Crippen LogP contribution is -2.32. The van der Waals surface area contributed by atoms with Crippen LogP contribution in [0.4, 0.5) is 4.39 Å². The van der Waals surface area contributed by atoms with Crippen molar-refractivity contribution in [2.75, 3.05) is 0 Å². The minimum absolute atomic E-state index is 0.00391. The number of allylic oxidation sites excluding steroid dienone is 4. The van der Waals surface area contributed by atoms with Crippen LogP contribution in [0.5, 0.6) is 0 Å². The second-order valence-electron chi connectivity index (χ2n) is 3.65. The Morgan fingerprint density at radius 2 is 2.00 bits per heavy atom. The minimum atomic E-state index is -2.10. The first-order valence-corrected chi connectivity index (χ1v) is 5.34. The van der Waals surface area contributed by atoms with E-state index in [0.717, 1.165) is 0 Å². The van der Waals surface area contributed by atoms with E-state index in [1.54, 1.807) is 42.5 Å². The molecule has 0 bridgehead atoms. The Balaban J connectivity index is 2.49. The van der Waals surface area contributed by atoms with Gasteiger partial charge in [-0.3, -0.25) is 4.79 Å². The van der Waals surface area contributed by atoms with Gasteiger partial charge in [0, 0.05) is 12.0 Å². The Morgan fingerprint density at radius 1 is 1.31 bits per heavy atom. The molecule has 0 fully saturated rings. The maximum Gasteiger partial charge on any atom is 0.263 e. The third-order valence-electron chi connectivity index (χ3n) is 2.62. The van der Waals surface area contributed by atoms with E-state index in [-0.39, 0.29) is 6.42 Å². The highest BCUT2D eigenvalue weighted by Gasteiger charge is 2.41. The molecule has 1 aliphatic rings. The molecule has 0 saturated carbocycles. The molecule has 0 aromatic heterocycles. The van der Waals surface area contributed by atoms with E-state index in [0.29, 0.717) is 11.1 Å². The average Bonchev–Trinajstić information content (AvgIpc) is 2.30. The summed E-state index contributed by atoms with van der Waals surface area (Å²) in [4.78, 5) is 11.2. The Bertz CT molecular complexity index is 464. The second-order valence-corrected chi connectivity index (χ2v) is 4.00. The number of rotatable bonds is 2. The summed E-state index contributed by atoms with van der Waals surface area (Å²) < 4.78 is 14.4. The van der Waals surface area contributed by atoms with Crippen molar-refractivity contribution in [3.05, 3.63) is 54.1 Å². The van der Waals surface area contributed by atoms with Crippen molar-refractivity contribution in [1.29, 1.82) is 0 Å². The fourth-order valence-electron chi connectivity index (χ4n) is 1.77. The van der Waals surface area contributed by atoms with Crippen LogP contribution in [0.3, 0.4) is 0 Å². The molecule has 0 amide bonds. The van der Waals surface area contributed by atoms with E-state index in [2.05, 4.69) is 0 Å². The van der Waals surface area contributed by atoms with Gasteiger partial charge in [-0.05, 0) is 17.2 Å². The lowest BCUT2D eigenvalue weighted by molar-refractivity contribution is -0.118. The summed E-state index contributed by atoms with van der Waals surface area (Å²) in [6.45, 7) is 0. The standard InChI is InChI=1S/C13H10ClFO/c14-12(16)13(15)9-5-4-8-11(13)10-6-2-1-3-7-10/h1-8H,9H2. The Labute approximate surface area is 98.2 Å². The van der Waals surface area contributed by atoms with Crippen molar-refractivity contribution < 1.29 is 9.18 Å². The molecule has 0 aliphatic heterocycles. The molecule has 1 atom stereocenters. The third-order valence-corrected chi connectivity index (χ3v) is 2.92. The zero-order valence-electron chi connectivity index (χ0n) is 8.49. The van der Waals surface area contributed by atoms with Gasteiger partial charge in [-0.2, -0.15) is 0 Å². The molecule has 2 rings (SSSR count). The summed E-state index contributed by atoms with van der Waals surface area (Å²) in [6.07, 6.45) is 4.93. The topological polar surface area (TPSA) is 17.1 Å². The largest absolute Gasteiger partial charge is 0.277 e. The lowest BCUT2D eigenvalue weighted by Gasteiger charge is -2.25. The van der Waals surface area contributed by atoms with Gasteiger partial charge in [0.15, 0.2) is 0 Å². The fraction of sp³-hybridized carbons (Fsp3) is 0.154. The van der Waals surface area contributed by atoms with Crippen molar-refractivity contribution in [3.63, 3.8) is 0 Å². The second kappa shape index (κ2) is 4.22. The van der Waals surface area contributed by atoms with Gasteiger partial charge in [-0.25, -0.2) is 4.39 Å². The predicted octanol–water partition coefficient (Wildman–Crippen LogP) is 3.50. The molecular weight excluding hydrogens is 227 g/mol. The van der Waals surface area contributed by atoms with Gasteiger partial charge in [0.2, 0.25) is 5.67 Å². The molecule has 1 nitrogen and oxygen atoms in total. The van der Waals surface area contributed by atoms with Crippen LogP contribution in [0.1, 0.15) is 12.0 Å². The number of halogens is 2. The van der Waals surface area contributed by atoms with Crippen LogP contribution in [-0.4, -0.2) is 10.9 Å². The van der Waals surface area contributed by atoms with E-state index in [9.17, 15) is 9.18 Å². The van der Waals surface area contributed by atoms with Gasteiger partial charge in [0.1, 0.15) is 0 Å². The smallest absolute Gasteiger partial charge is 0.263 e. The van der Waals surface area contributed by atoms with E-state index in [1.807, 2.05) is 6.07 Å². The normalized spacial score (nSPS) is 24.0. The van der Waals surface area contributed by atoms with Crippen molar-refractivity contribution in [2.24, 2.45) is 0 Å². The number of hydrogen-bond acceptors (Lipinski definition) is 1. The van der Waals surface area contributed by atoms with E-state index < -0.39 is 10.9 Å². The quantitative estimate of drug-likeness (QED) is 0.719. The molecule has 82 valence electrons. The van der Waals surface area contributed by atoms with Gasteiger partial charge in [-0.1, -0.05) is 48.6 Å². The first-order chi connectivity index (χ1) is 7.64. The first kappa shape index (κ1) is 11.1. The van der Waals surface area contributed by atoms with E-state index in [1.165, 1.54) is 0 Å². The summed E-state index contributed by atoms with van der Waals surface area (Å²) in [5.74, 6) is 0. The molecule has 0 radical (unpaired) electrons. The number of carbonyl (C=O) groups excluding carboxylic acids is 1. The highest BCUT2D eigenvalue weighted by molar-refractivity contribution is 6.66. The van der Waals surface area contributed by atoms with Crippen LogP contribution >= 0.6 is 11.6 Å². The van der Waals surface area contributed by atoms with E-state index in [4.69, 9.17) is 11.6 Å². The number of hydrogen-bond donors (Lipinski definition) is 0. The minimum Gasteiger partial charge on any atom is -0.277 e. The summed E-state index contributed by atoms with van der Waals surface area (Å²) >= 11 is 5.35. The predicted molar refractivity (Wildman–Crippen MR) is 62.9 cm³/mol. The van der Waals surface area contributed by atoms with Gasteiger partial charge in [0.05, 0.1) is 0 Å². The van der Waals surface area contributed by atoms with Crippen LogP contribution in [0, 0.1) is 0 Å². The zero-order valence-corrected chi connectivity index (χ0v) is 9.25. The van der Waals surface area contributed by atoms with Crippen molar-refractivity contribution in [1.82, 2.24) is 0 Å². The zero-order chi connectivity index (χ0) is 11.6. The van der Waals surface area contributed by atoms with Crippen molar-refractivity contribution in [3.8, 4) is 0 Å². The third kappa shape index (κ3) is 1.81. The monoisotopic (exact) mass is 236 g/mol. The van der Waals surface area contributed by atoms with Gasteiger partial charge >= 0.3 is 0 Å². The van der Waals surface area contributed by atoms with Gasteiger partial charge in [-0.15, -0.1) is 0 Å². The Morgan fingerprint density at radius 3 is 2.62 bits per heavy atom. The molecule has 1 unspecified atom stereocenters. The number of benzene rings is 1. The molecule has 1 aliphatic carbocycles. The molecule has 16 heavy (non-hydrogen) atoms. The summed E-state index contributed by atoms with van der Waals surface area (Å²) in [5.41, 5.74) is -1.09. The first-order valence-electron chi connectivity index (χ1n) is 4.96. The SMILES string of the molecule is O=C(Cl)C1(F)CC=CC=C1c1ccccc1. The summed E-state index contributed by atoms with van der Waals surface area (Å²) in [6, 6.07) is 8.96.